The molecule has 0 spiro atoms. The molecule has 0 amide bonds. The SMILES string of the molecule is CCc1cc(C)nc(C(F)(F)F)n1. The van der Waals surface area contributed by atoms with Crippen LogP contribution in [0.3, 0.4) is 0 Å². The van der Waals surface area contributed by atoms with Crippen LogP contribution in [0.2, 0.25) is 0 Å². The lowest BCUT2D eigenvalue weighted by Gasteiger charge is -2.06. The van der Waals surface area contributed by atoms with E-state index in [0.29, 0.717) is 17.8 Å². The normalized spacial score (nSPS) is 11.8. The lowest BCUT2D eigenvalue weighted by atomic mass is 10.3. The van der Waals surface area contributed by atoms with Crippen LogP contribution < -0.4 is 0 Å². The molecular formula is C8H9F3N2. The quantitative estimate of drug-likeness (QED) is 0.679. The molecule has 1 aromatic heterocycles. The second-order valence-electron chi connectivity index (χ2n) is 2.68. The molecule has 72 valence electrons. The summed E-state index contributed by atoms with van der Waals surface area (Å²) in [4.78, 5) is 6.70. The van der Waals surface area contributed by atoms with Gasteiger partial charge in [0.15, 0.2) is 0 Å². The molecule has 0 aliphatic rings. The van der Waals surface area contributed by atoms with Crippen molar-refractivity contribution < 1.29 is 13.2 Å². The van der Waals surface area contributed by atoms with Gasteiger partial charge in [0.05, 0.1) is 0 Å². The third-order valence-corrected chi connectivity index (χ3v) is 1.52. The van der Waals surface area contributed by atoms with Crippen molar-refractivity contribution in [3.05, 3.63) is 23.3 Å². The number of hydrogen-bond donors (Lipinski definition) is 0. The second-order valence-corrected chi connectivity index (χ2v) is 2.68. The molecule has 0 atom stereocenters. The van der Waals surface area contributed by atoms with Crippen LogP contribution in [0.4, 0.5) is 13.2 Å². The molecule has 1 heterocycles. The topological polar surface area (TPSA) is 25.8 Å². The third-order valence-electron chi connectivity index (χ3n) is 1.52. The molecule has 0 aromatic carbocycles. The highest BCUT2D eigenvalue weighted by Gasteiger charge is 2.34. The Hall–Kier alpha value is -1.13. The summed E-state index contributed by atoms with van der Waals surface area (Å²) in [5.74, 6) is -1.05. The minimum absolute atomic E-state index is 0.346. The van der Waals surface area contributed by atoms with E-state index in [9.17, 15) is 13.2 Å². The van der Waals surface area contributed by atoms with E-state index < -0.39 is 12.0 Å². The summed E-state index contributed by atoms with van der Waals surface area (Å²) in [6, 6.07) is 1.55. The molecule has 5 heteroatoms. The molecule has 0 N–H and O–H groups in total. The first-order chi connectivity index (χ1) is 5.93. The first-order valence-corrected chi connectivity index (χ1v) is 3.85. The fourth-order valence-corrected chi connectivity index (χ4v) is 0.942. The Bertz CT molecular complexity index is 307. The minimum Gasteiger partial charge on any atom is -0.230 e. The van der Waals surface area contributed by atoms with Crippen molar-refractivity contribution in [2.75, 3.05) is 0 Å². The van der Waals surface area contributed by atoms with E-state index >= 15 is 0 Å². The maximum atomic E-state index is 12.2. The number of halogens is 3. The van der Waals surface area contributed by atoms with Crippen LogP contribution >= 0.6 is 0 Å². The molecule has 0 aliphatic heterocycles. The maximum Gasteiger partial charge on any atom is 0.451 e. The van der Waals surface area contributed by atoms with E-state index in [4.69, 9.17) is 0 Å². The summed E-state index contributed by atoms with van der Waals surface area (Å²) in [7, 11) is 0. The van der Waals surface area contributed by atoms with Crippen molar-refractivity contribution in [2.24, 2.45) is 0 Å². The molecule has 2 nitrogen and oxygen atoms in total. The van der Waals surface area contributed by atoms with Gasteiger partial charge in [-0.3, -0.25) is 0 Å². The van der Waals surface area contributed by atoms with E-state index in [2.05, 4.69) is 9.97 Å². The number of nitrogens with zero attached hydrogens (tertiary/aromatic N) is 2. The van der Waals surface area contributed by atoms with Crippen LogP contribution in [0.15, 0.2) is 6.07 Å². The van der Waals surface area contributed by atoms with Gasteiger partial charge in [-0.15, -0.1) is 0 Å². The Morgan fingerprint density at radius 2 is 1.92 bits per heavy atom. The lowest BCUT2D eigenvalue weighted by molar-refractivity contribution is -0.145. The van der Waals surface area contributed by atoms with Crippen LogP contribution in [-0.4, -0.2) is 9.97 Å². The van der Waals surface area contributed by atoms with Gasteiger partial charge < -0.3 is 0 Å². The molecule has 0 saturated carbocycles. The van der Waals surface area contributed by atoms with Crippen molar-refractivity contribution in [3.63, 3.8) is 0 Å². The molecular weight excluding hydrogens is 181 g/mol. The summed E-state index contributed by atoms with van der Waals surface area (Å²) in [5.41, 5.74) is 0.763. The van der Waals surface area contributed by atoms with Gasteiger partial charge in [0.2, 0.25) is 5.82 Å². The molecule has 0 saturated heterocycles. The average Bonchev–Trinajstić information content (AvgIpc) is 2.01. The highest BCUT2D eigenvalue weighted by molar-refractivity contribution is 5.11. The third kappa shape index (κ3) is 2.40. The number of rotatable bonds is 1. The predicted octanol–water partition coefficient (Wildman–Crippen LogP) is 2.37. The largest absolute Gasteiger partial charge is 0.451 e. The summed E-state index contributed by atoms with van der Waals surface area (Å²) in [6.07, 6.45) is -3.97. The molecule has 0 bridgehead atoms. The Morgan fingerprint density at radius 1 is 1.31 bits per heavy atom. The highest BCUT2D eigenvalue weighted by atomic mass is 19.4. The molecule has 0 aliphatic carbocycles. The van der Waals surface area contributed by atoms with Gasteiger partial charge in [0.1, 0.15) is 0 Å². The second kappa shape index (κ2) is 3.32. The molecule has 1 rings (SSSR count). The number of aryl methyl sites for hydroxylation is 2. The predicted molar refractivity (Wildman–Crippen MR) is 41.1 cm³/mol. The van der Waals surface area contributed by atoms with Crippen molar-refractivity contribution in [2.45, 2.75) is 26.4 Å². The zero-order valence-electron chi connectivity index (χ0n) is 7.31. The Labute approximate surface area is 73.8 Å². The van der Waals surface area contributed by atoms with Crippen molar-refractivity contribution in [3.8, 4) is 0 Å². The fraction of sp³-hybridized carbons (Fsp3) is 0.500. The minimum atomic E-state index is -4.45. The van der Waals surface area contributed by atoms with E-state index in [1.54, 1.807) is 13.0 Å². The van der Waals surface area contributed by atoms with Gasteiger partial charge in [-0.2, -0.15) is 13.2 Å². The van der Waals surface area contributed by atoms with Gasteiger partial charge in [-0.25, -0.2) is 9.97 Å². The van der Waals surface area contributed by atoms with Gasteiger partial charge in [-0.1, -0.05) is 6.92 Å². The standard InChI is InChI=1S/C8H9F3N2/c1-3-6-4-5(2)12-7(13-6)8(9,10)11/h4H,3H2,1-2H3. The molecule has 0 fully saturated rings. The van der Waals surface area contributed by atoms with Crippen LogP contribution in [0, 0.1) is 6.92 Å². The number of hydrogen-bond acceptors (Lipinski definition) is 2. The monoisotopic (exact) mass is 190 g/mol. The first-order valence-electron chi connectivity index (χ1n) is 3.85. The average molecular weight is 190 g/mol. The van der Waals surface area contributed by atoms with Gasteiger partial charge in [0, 0.05) is 11.4 Å². The van der Waals surface area contributed by atoms with Crippen molar-refractivity contribution in [1.82, 2.24) is 9.97 Å². The smallest absolute Gasteiger partial charge is 0.230 e. The zero-order chi connectivity index (χ0) is 10.1. The van der Waals surface area contributed by atoms with Gasteiger partial charge in [0.25, 0.3) is 0 Å². The lowest BCUT2D eigenvalue weighted by Crippen LogP contribution is -2.13. The molecule has 1 aromatic rings. The van der Waals surface area contributed by atoms with E-state index in [1.165, 1.54) is 6.92 Å². The summed E-state index contributed by atoms with van der Waals surface area (Å²) in [6.45, 7) is 3.28. The summed E-state index contributed by atoms with van der Waals surface area (Å²) < 4.78 is 36.5. The number of aromatic nitrogens is 2. The first kappa shape index (κ1) is 9.95. The van der Waals surface area contributed by atoms with E-state index in [0.717, 1.165) is 0 Å². The van der Waals surface area contributed by atoms with E-state index in [1.807, 2.05) is 0 Å². The Kier molecular flexibility index (Phi) is 2.54. The maximum absolute atomic E-state index is 12.2. The fourth-order valence-electron chi connectivity index (χ4n) is 0.942. The van der Waals surface area contributed by atoms with Gasteiger partial charge >= 0.3 is 6.18 Å². The van der Waals surface area contributed by atoms with Crippen molar-refractivity contribution >= 4 is 0 Å². The molecule has 0 radical (unpaired) electrons. The summed E-state index contributed by atoms with van der Waals surface area (Å²) in [5, 5.41) is 0. The van der Waals surface area contributed by atoms with E-state index in [-0.39, 0.29) is 0 Å². The van der Waals surface area contributed by atoms with Crippen LogP contribution in [0.1, 0.15) is 24.1 Å². The zero-order valence-corrected chi connectivity index (χ0v) is 7.31. The Morgan fingerprint density at radius 3 is 2.38 bits per heavy atom. The van der Waals surface area contributed by atoms with Gasteiger partial charge in [-0.05, 0) is 19.4 Å². The number of alkyl halides is 3. The Balaban J connectivity index is 3.16. The highest BCUT2D eigenvalue weighted by Crippen LogP contribution is 2.26. The molecule has 0 unspecified atom stereocenters. The summed E-state index contributed by atoms with van der Waals surface area (Å²) >= 11 is 0. The van der Waals surface area contributed by atoms with Crippen molar-refractivity contribution in [1.29, 1.82) is 0 Å². The molecule has 13 heavy (non-hydrogen) atoms. The van der Waals surface area contributed by atoms with Crippen LogP contribution in [-0.2, 0) is 12.6 Å². The van der Waals surface area contributed by atoms with Crippen LogP contribution in [0.5, 0.6) is 0 Å². The van der Waals surface area contributed by atoms with Crippen LogP contribution in [0.25, 0.3) is 0 Å².